The topological polar surface area (TPSA) is 18.5 Å². The van der Waals surface area contributed by atoms with Gasteiger partial charge in [-0.25, -0.2) is 0 Å². The maximum atomic E-state index is 5.39. The van der Waals surface area contributed by atoms with Crippen LogP contribution < -0.4 is 9.47 Å². The molecule has 0 saturated carbocycles. The van der Waals surface area contributed by atoms with E-state index in [-0.39, 0.29) is 0 Å². The van der Waals surface area contributed by atoms with Crippen LogP contribution in [0.15, 0.2) is 36.4 Å². The molecule has 2 rings (SSSR count). The van der Waals surface area contributed by atoms with Crippen molar-refractivity contribution in [2.24, 2.45) is 0 Å². The zero-order chi connectivity index (χ0) is 13.1. The molecule has 0 unspecified atom stereocenters. The zero-order valence-corrected chi connectivity index (χ0v) is 11.3. The van der Waals surface area contributed by atoms with Gasteiger partial charge in [0.05, 0.1) is 14.2 Å². The van der Waals surface area contributed by atoms with Crippen molar-refractivity contribution >= 4 is 0 Å². The van der Waals surface area contributed by atoms with Crippen LogP contribution in [0.2, 0.25) is 0 Å². The number of hydrogen-bond acceptors (Lipinski definition) is 2. The Kier molecular flexibility index (Phi) is 3.56. The predicted octanol–water partition coefficient (Wildman–Crippen LogP) is 3.99. The summed E-state index contributed by atoms with van der Waals surface area (Å²) < 4.78 is 10.8. The quantitative estimate of drug-likeness (QED) is 0.810. The molecule has 0 bridgehead atoms. The van der Waals surface area contributed by atoms with Gasteiger partial charge in [-0.05, 0) is 37.1 Å². The lowest BCUT2D eigenvalue weighted by Gasteiger charge is -2.12. The van der Waals surface area contributed by atoms with Gasteiger partial charge in [-0.2, -0.15) is 0 Å². The molecule has 0 aromatic heterocycles. The minimum absolute atomic E-state index is 0.852. The highest BCUT2D eigenvalue weighted by atomic mass is 16.5. The number of ether oxygens (including phenoxy) is 2. The Morgan fingerprint density at radius 1 is 0.722 bits per heavy atom. The molecule has 0 saturated heterocycles. The molecule has 0 heterocycles. The fourth-order valence-electron chi connectivity index (χ4n) is 2.00. The summed E-state index contributed by atoms with van der Waals surface area (Å²) in [4.78, 5) is 0. The van der Waals surface area contributed by atoms with Crippen LogP contribution in [0.3, 0.4) is 0 Å². The Labute approximate surface area is 108 Å². The Morgan fingerprint density at radius 3 is 1.67 bits per heavy atom. The highest BCUT2D eigenvalue weighted by Crippen LogP contribution is 2.34. The van der Waals surface area contributed by atoms with Crippen molar-refractivity contribution in [2.45, 2.75) is 13.8 Å². The number of hydrogen-bond donors (Lipinski definition) is 0. The van der Waals surface area contributed by atoms with E-state index in [1.165, 1.54) is 5.56 Å². The van der Waals surface area contributed by atoms with E-state index >= 15 is 0 Å². The van der Waals surface area contributed by atoms with Gasteiger partial charge in [0.1, 0.15) is 11.5 Å². The normalized spacial score (nSPS) is 10.2. The monoisotopic (exact) mass is 242 g/mol. The van der Waals surface area contributed by atoms with Crippen molar-refractivity contribution in [3.8, 4) is 22.6 Å². The fraction of sp³-hybridized carbons (Fsp3) is 0.250. The SMILES string of the molecule is COc1cc(-c2ccc(C)cc2)cc(OC)c1C. The molecule has 2 heteroatoms. The molecule has 2 aromatic rings. The second kappa shape index (κ2) is 5.13. The van der Waals surface area contributed by atoms with Crippen molar-refractivity contribution in [3.63, 3.8) is 0 Å². The van der Waals surface area contributed by atoms with Crippen LogP contribution in [-0.2, 0) is 0 Å². The highest BCUT2D eigenvalue weighted by molar-refractivity contribution is 5.69. The molecule has 0 aliphatic carbocycles. The first kappa shape index (κ1) is 12.5. The van der Waals surface area contributed by atoms with Crippen LogP contribution >= 0.6 is 0 Å². The second-order valence-corrected chi connectivity index (χ2v) is 4.37. The molecular formula is C16H18O2. The Morgan fingerprint density at radius 2 is 1.22 bits per heavy atom. The lowest BCUT2D eigenvalue weighted by molar-refractivity contribution is 0.389. The number of aryl methyl sites for hydroxylation is 1. The van der Waals surface area contributed by atoms with Gasteiger partial charge in [0.15, 0.2) is 0 Å². The van der Waals surface area contributed by atoms with E-state index in [2.05, 4.69) is 31.2 Å². The largest absolute Gasteiger partial charge is 0.496 e. The standard InChI is InChI=1S/C16H18O2/c1-11-5-7-13(8-6-11)14-9-15(17-3)12(2)16(10-14)18-4/h5-10H,1-4H3. The van der Waals surface area contributed by atoms with Crippen LogP contribution in [0, 0.1) is 13.8 Å². The van der Waals surface area contributed by atoms with Crippen molar-refractivity contribution in [1.82, 2.24) is 0 Å². The Hall–Kier alpha value is -1.96. The first-order valence-electron chi connectivity index (χ1n) is 5.95. The number of benzene rings is 2. The average molecular weight is 242 g/mol. The van der Waals surface area contributed by atoms with Crippen LogP contribution in [0.4, 0.5) is 0 Å². The first-order valence-corrected chi connectivity index (χ1v) is 5.95. The number of rotatable bonds is 3. The molecule has 18 heavy (non-hydrogen) atoms. The van der Waals surface area contributed by atoms with E-state index < -0.39 is 0 Å². The van der Waals surface area contributed by atoms with Crippen molar-refractivity contribution in [3.05, 3.63) is 47.5 Å². The summed E-state index contributed by atoms with van der Waals surface area (Å²) in [6.45, 7) is 4.08. The van der Waals surface area contributed by atoms with Crippen LogP contribution in [-0.4, -0.2) is 14.2 Å². The summed E-state index contributed by atoms with van der Waals surface area (Å²) in [6.07, 6.45) is 0. The molecule has 94 valence electrons. The van der Waals surface area contributed by atoms with Gasteiger partial charge in [-0.15, -0.1) is 0 Å². The van der Waals surface area contributed by atoms with Gasteiger partial charge in [-0.3, -0.25) is 0 Å². The molecule has 0 radical (unpaired) electrons. The van der Waals surface area contributed by atoms with Crippen LogP contribution in [0.25, 0.3) is 11.1 Å². The molecule has 0 aliphatic rings. The Balaban J connectivity index is 2.54. The lowest BCUT2D eigenvalue weighted by Crippen LogP contribution is -1.93. The molecule has 0 aliphatic heterocycles. The summed E-state index contributed by atoms with van der Waals surface area (Å²) >= 11 is 0. The van der Waals surface area contributed by atoms with E-state index in [1.807, 2.05) is 19.1 Å². The first-order chi connectivity index (χ1) is 8.65. The summed E-state index contributed by atoms with van der Waals surface area (Å²) in [5.41, 5.74) is 4.55. The van der Waals surface area contributed by atoms with Crippen molar-refractivity contribution in [2.75, 3.05) is 14.2 Å². The highest BCUT2D eigenvalue weighted by Gasteiger charge is 2.09. The van der Waals surface area contributed by atoms with Gasteiger partial charge in [-0.1, -0.05) is 29.8 Å². The molecular weight excluding hydrogens is 224 g/mol. The molecule has 0 atom stereocenters. The van der Waals surface area contributed by atoms with E-state index in [4.69, 9.17) is 9.47 Å². The molecule has 2 aromatic carbocycles. The average Bonchev–Trinajstić information content (AvgIpc) is 2.40. The minimum Gasteiger partial charge on any atom is -0.496 e. The predicted molar refractivity (Wildman–Crippen MR) is 74.5 cm³/mol. The summed E-state index contributed by atoms with van der Waals surface area (Å²) in [5, 5.41) is 0. The minimum atomic E-state index is 0.852. The fourth-order valence-corrected chi connectivity index (χ4v) is 2.00. The van der Waals surface area contributed by atoms with Gasteiger partial charge in [0, 0.05) is 5.56 Å². The van der Waals surface area contributed by atoms with Crippen LogP contribution in [0.1, 0.15) is 11.1 Å². The number of methoxy groups -OCH3 is 2. The summed E-state index contributed by atoms with van der Waals surface area (Å²) in [6, 6.07) is 12.5. The van der Waals surface area contributed by atoms with Gasteiger partial charge in [0.25, 0.3) is 0 Å². The third-order valence-corrected chi connectivity index (χ3v) is 3.14. The molecule has 0 N–H and O–H groups in total. The summed E-state index contributed by atoms with van der Waals surface area (Å²) in [5.74, 6) is 1.70. The lowest BCUT2D eigenvalue weighted by atomic mass is 10.0. The Bertz CT molecular complexity index is 517. The molecule has 2 nitrogen and oxygen atoms in total. The third-order valence-electron chi connectivity index (χ3n) is 3.14. The van der Waals surface area contributed by atoms with E-state index in [9.17, 15) is 0 Å². The van der Waals surface area contributed by atoms with E-state index in [1.54, 1.807) is 14.2 Å². The molecule has 0 spiro atoms. The van der Waals surface area contributed by atoms with E-state index in [0.717, 1.165) is 28.2 Å². The summed E-state index contributed by atoms with van der Waals surface area (Å²) in [7, 11) is 3.36. The molecule has 0 amide bonds. The van der Waals surface area contributed by atoms with Gasteiger partial charge < -0.3 is 9.47 Å². The maximum absolute atomic E-state index is 5.39. The third kappa shape index (κ3) is 2.33. The van der Waals surface area contributed by atoms with Crippen LogP contribution in [0.5, 0.6) is 11.5 Å². The molecule has 0 fully saturated rings. The van der Waals surface area contributed by atoms with Gasteiger partial charge >= 0.3 is 0 Å². The second-order valence-electron chi connectivity index (χ2n) is 4.37. The maximum Gasteiger partial charge on any atom is 0.126 e. The van der Waals surface area contributed by atoms with E-state index in [0.29, 0.717) is 0 Å². The van der Waals surface area contributed by atoms with Crippen molar-refractivity contribution in [1.29, 1.82) is 0 Å². The van der Waals surface area contributed by atoms with Gasteiger partial charge in [0.2, 0.25) is 0 Å². The smallest absolute Gasteiger partial charge is 0.126 e. The zero-order valence-electron chi connectivity index (χ0n) is 11.3. The van der Waals surface area contributed by atoms with Crippen molar-refractivity contribution < 1.29 is 9.47 Å².